The van der Waals surface area contributed by atoms with Crippen molar-refractivity contribution in [3.63, 3.8) is 0 Å². The van der Waals surface area contributed by atoms with Gasteiger partial charge in [-0.15, -0.1) is 0 Å². The molecular formula is C24H42O8. The fourth-order valence-corrected chi connectivity index (χ4v) is 7.33. The van der Waals surface area contributed by atoms with Gasteiger partial charge in [0, 0.05) is 39.6 Å². The second kappa shape index (κ2) is 10.1. The minimum atomic E-state index is -0.974. The Kier molecular flexibility index (Phi) is 7.84. The van der Waals surface area contributed by atoms with Gasteiger partial charge in [0.15, 0.2) is 0 Å². The van der Waals surface area contributed by atoms with Crippen molar-refractivity contribution in [3.8, 4) is 0 Å². The first-order chi connectivity index (χ1) is 15.5. The summed E-state index contributed by atoms with van der Waals surface area (Å²) in [5.41, 5.74) is -3.85. The lowest BCUT2D eigenvalue weighted by Crippen LogP contribution is -2.79. The maximum absolute atomic E-state index is 11.5. The Bertz CT molecular complexity index is 535. The summed E-state index contributed by atoms with van der Waals surface area (Å²) in [7, 11) is 0. The lowest BCUT2D eigenvalue weighted by molar-refractivity contribution is -0.335. The highest BCUT2D eigenvalue weighted by molar-refractivity contribution is 5.28. The van der Waals surface area contributed by atoms with Crippen LogP contribution in [0, 0.1) is 0 Å². The molecule has 4 heterocycles. The van der Waals surface area contributed by atoms with Crippen LogP contribution in [-0.2, 0) is 18.9 Å². The first-order valence-electron chi connectivity index (χ1n) is 12.7. The summed E-state index contributed by atoms with van der Waals surface area (Å²) in [6, 6.07) is 0. The zero-order chi connectivity index (χ0) is 22.7. The van der Waals surface area contributed by atoms with Gasteiger partial charge in [0.2, 0.25) is 0 Å². The maximum Gasteiger partial charge on any atom is 0.131 e. The van der Waals surface area contributed by atoms with Crippen molar-refractivity contribution in [1.29, 1.82) is 0 Å². The van der Waals surface area contributed by atoms with E-state index in [0.29, 0.717) is 77.8 Å². The maximum atomic E-state index is 11.5. The molecule has 0 aromatic carbocycles. The Balaban J connectivity index is 1.83. The van der Waals surface area contributed by atoms with Crippen LogP contribution in [0.4, 0.5) is 0 Å². The number of aliphatic hydroxyl groups excluding tert-OH is 4. The predicted molar refractivity (Wildman–Crippen MR) is 116 cm³/mol. The Morgan fingerprint density at radius 2 is 0.938 bits per heavy atom. The quantitative estimate of drug-likeness (QED) is 0.368. The molecule has 6 atom stereocenters. The van der Waals surface area contributed by atoms with Gasteiger partial charge in [0.1, 0.15) is 22.4 Å². The summed E-state index contributed by atoms with van der Waals surface area (Å²) in [6.07, 6.45) is 6.08. The van der Waals surface area contributed by atoms with E-state index >= 15 is 0 Å². The molecule has 4 rings (SSSR count). The summed E-state index contributed by atoms with van der Waals surface area (Å²) in [5.74, 6) is 0. The monoisotopic (exact) mass is 458 g/mol. The van der Waals surface area contributed by atoms with Crippen LogP contribution in [-0.4, -0.2) is 94.7 Å². The molecule has 186 valence electrons. The zero-order valence-electron chi connectivity index (χ0n) is 19.3. The fraction of sp³-hybridized carbons (Fsp3) is 1.00. The van der Waals surface area contributed by atoms with Crippen LogP contribution in [0.25, 0.3) is 0 Å². The summed E-state index contributed by atoms with van der Waals surface area (Å²) >= 11 is 0. The highest BCUT2D eigenvalue weighted by atomic mass is 16.6. The molecule has 8 heteroatoms. The summed E-state index contributed by atoms with van der Waals surface area (Å²) in [5, 5.41) is 41.9. The Labute approximate surface area is 191 Å². The third kappa shape index (κ3) is 3.57. The summed E-state index contributed by atoms with van der Waals surface area (Å²) in [6.45, 7) is 2.19. The van der Waals surface area contributed by atoms with E-state index in [2.05, 4.69) is 0 Å². The van der Waals surface area contributed by atoms with E-state index in [1.54, 1.807) is 0 Å². The summed E-state index contributed by atoms with van der Waals surface area (Å²) < 4.78 is 26.3. The van der Waals surface area contributed by atoms with Crippen LogP contribution in [0.2, 0.25) is 0 Å². The van der Waals surface area contributed by atoms with E-state index in [1.165, 1.54) is 0 Å². The number of rotatable bonds is 11. The molecule has 4 aliphatic rings. The largest absolute Gasteiger partial charge is 0.396 e. The van der Waals surface area contributed by atoms with E-state index in [1.807, 2.05) is 0 Å². The second-order valence-corrected chi connectivity index (χ2v) is 10.0. The van der Waals surface area contributed by atoms with Gasteiger partial charge in [-0.3, -0.25) is 0 Å². The van der Waals surface area contributed by atoms with Crippen LogP contribution in [0.1, 0.15) is 77.0 Å². The van der Waals surface area contributed by atoms with Crippen LogP contribution >= 0.6 is 0 Å². The van der Waals surface area contributed by atoms with E-state index in [9.17, 15) is 20.4 Å². The first kappa shape index (κ1) is 24.8. The Hall–Kier alpha value is -0.320. The predicted octanol–water partition coefficient (Wildman–Crippen LogP) is 1.45. The normalized spacial score (nSPS) is 42.0. The third-order valence-corrected chi connectivity index (χ3v) is 8.51. The molecule has 0 unspecified atom stereocenters. The van der Waals surface area contributed by atoms with Crippen LogP contribution in [0.3, 0.4) is 0 Å². The van der Waals surface area contributed by atoms with E-state index in [-0.39, 0.29) is 13.2 Å². The molecule has 32 heavy (non-hydrogen) atoms. The van der Waals surface area contributed by atoms with Gasteiger partial charge in [-0.05, 0) is 77.0 Å². The van der Waals surface area contributed by atoms with Crippen LogP contribution in [0.5, 0.6) is 0 Å². The van der Waals surface area contributed by atoms with Crippen molar-refractivity contribution in [2.75, 3.05) is 39.6 Å². The molecule has 0 spiro atoms. The van der Waals surface area contributed by atoms with Crippen molar-refractivity contribution in [3.05, 3.63) is 0 Å². The van der Waals surface area contributed by atoms with Gasteiger partial charge in [-0.1, -0.05) is 0 Å². The molecule has 4 aliphatic heterocycles. The molecule has 4 fully saturated rings. The van der Waals surface area contributed by atoms with Gasteiger partial charge in [-0.25, -0.2) is 0 Å². The molecule has 0 aromatic heterocycles. The van der Waals surface area contributed by atoms with E-state index in [4.69, 9.17) is 18.9 Å². The zero-order valence-corrected chi connectivity index (χ0v) is 19.3. The van der Waals surface area contributed by atoms with Crippen molar-refractivity contribution in [1.82, 2.24) is 0 Å². The summed E-state index contributed by atoms with van der Waals surface area (Å²) in [4.78, 5) is 0. The molecule has 0 amide bonds. The van der Waals surface area contributed by atoms with Crippen molar-refractivity contribution in [2.45, 2.75) is 112 Å². The average molecular weight is 459 g/mol. The van der Waals surface area contributed by atoms with Crippen LogP contribution < -0.4 is 0 Å². The van der Waals surface area contributed by atoms with Gasteiger partial charge >= 0.3 is 0 Å². The standard InChI is InChI=1S/C24H42O8/c25-13-1-7-19(27)21(9-3-15-29-21)23(11-5-17-31-23)24(12-6-18-32-24)22(10-4-16-30-22)20(28)8-2-14-26/h19-20,25-28H,1-18H2/t19-,20+,21-,22-,23+,24+/m0/s1. The molecule has 0 radical (unpaired) electrons. The minimum absolute atomic E-state index is 0.00949. The lowest BCUT2D eigenvalue weighted by atomic mass is 9.56. The highest BCUT2D eigenvalue weighted by Crippen LogP contribution is 2.62. The van der Waals surface area contributed by atoms with Crippen LogP contribution in [0.15, 0.2) is 0 Å². The molecule has 0 bridgehead atoms. The molecular weight excluding hydrogens is 416 g/mol. The number of hydrogen-bond donors (Lipinski definition) is 4. The highest BCUT2D eigenvalue weighted by Gasteiger charge is 2.78. The first-order valence-corrected chi connectivity index (χ1v) is 12.7. The van der Waals surface area contributed by atoms with Crippen molar-refractivity contribution < 1.29 is 39.4 Å². The molecule has 8 nitrogen and oxygen atoms in total. The molecule has 4 saturated heterocycles. The number of ether oxygens (including phenoxy) is 4. The third-order valence-electron chi connectivity index (χ3n) is 8.51. The van der Waals surface area contributed by atoms with Gasteiger partial charge in [0.05, 0.1) is 12.2 Å². The average Bonchev–Trinajstić information content (AvgIpc) is 3.61. The van der Waals surface area contributed by atoms with E-state index < -0.39 is 34.6 Å². The Morgan fingerprint density at radius 3 is 1.22 bits per heavy atom. The molecule has 0 aliphatic carbocycles. The molecule has 0 aromatic rings. The van der Waals surface area contributed by atoms with E-state index in [0.717, 1.165) is 25.7 Å². The fourth-order valence-electron chi connectivity index (χ4n) is 7.33. The second-order valence-electron chi connectivity index (χ2n) is 10.0. The van der Waals surface area contributed by atoms with Crippen molar-refractivity contribution in [2.24, 2.45) is 0 Å². The smallest absolute Gasteiger partial charge is 0.131 e. The Morgan fingerprint density at radius 1 is 0.562 bits per heavy atom. The SMILES string of the molecule is OCCC[C@@H](O)[C@]1([C@@]2([C@]3([C@@]4([C@@H](O)CCCO)CCCO4)CCCO3)CCCO2)CCCO1. The molecule has 4 N–H and O–H groups in total. The lowest BCUT2D eigenvalue weighted by Gasteiger charge is -2.61. The minimum Gasteiger partial charge on any atom is -0.396 e. The topological polar surface area (TPSA) is 118 Å². The number of hydrogen-bond acceptors (Lipinski definition) is 8. The van der Waals surface area contributed by atoms with Gasteiger partial charge < -0.3 is 39.4 Å². The molecule has 0 saturated carbocycles. The number of aliphatic hydroxyl groups is 4. The van der Waals surface area contributed by atoms with Gasteiger partial charge in [0.25, 0.3) is 0 Å². The van der Waals surface area contributed by atoms with Gasteiger partial charge in [-0.2, -0.15) is 0 Å². The van der Waals surface area contributed by atoms with Crippen molar-refractivity contribution >= 4 is 0 Å².